The SMILES string of the molecule is O=C1CCN2Cc3ccccc3N=C12. The summed E-state index contributed by atoms with van der Waals surface area (Å²) in [6.07, 6.45) is 0.618. The highest BCUT2D eigenvalue weighted by Gasteiger charge is 2.30. The molecule has 1 aromatic carbocycles. The van der Waals surface area contributed by atoms with E-state index in [1.54, 1.807) is 0 Å². The second-order valence-corrected chi connectivity index (χ2v) is 3.66. The zero-order valence-electron chi connectivity index (χ0n) is 7.73. The van der Waals surface area contributed by atoms with Crippen molar-refractivity contribution in [3.8, 4) is 0 Å². The summed E-state index contributed by atoms with van der Waals surface area (Å²) in [5, 5.41) is 0. The minimum absolute atomic E-state index is 0.180. The minimum Gasteiger partial charge on any atom is -0.349 e. The van der Waals surface area contributed by atoms with Crippen LogP contribution in [0.2, 0.25) is 0 Å². The first-order valence-corrected chi connectivity index (χ1v) is 4.79. The first kappa shape index (κ1) is 7.74. The van der Waals surface area contributed by atoms with E-state index in [1.165, 1.54) is 5.56 Å². The van der Waals surface area contributed by atoms with Crippen molar-refractivity contribution in [1.29, 1.82) is 0 Å². The Hall–Kier alpha value is -1.64. The average Bonchev–Trinajstić information content (AvgIpc) is 2.57. The molecule has 3 nitrogen and oxygen atoms in total. The Labute approximate surface area is 82.1 Å². The molecule has 1 fully saturated rings. The molecule has 0 N–H and O–H groups in total. The number of benzene rings is 1. The van der Waals surface area contributed by atoms with Crippen LogP contribution < -0.4 is 0 Å². The number of hydrogen-bond acceptors (Lipinski definition) is 3. The fourth-order valence-corrected chi connectivity index (χ4v) is 1.99. The predicted octanol–water partition coefficient (Wildman–Crippen LogP) is 1.51. The van der Waals surface area contributed by atoms with E-state index in [0.29, 0.717) is 12.3 Å². The monoisotopic (exact) mass is 186 g/mol. The molecule has 3 heteroatoms. The van der Waals surface area contributed by atoms with Crippen LogP contribution in [-0.4, -0.2) is 23.1 Å². The molecule has 2 aliphatic heterocycles. The molecular formula is C11H10N2O. The quantitative estimate of drug-likeness (QED) is 0.615. The molecule has 0 amide bonds. The molecule has 0 spiro atoms. The van der Waals surface area contributed by atoms with E-state index in [1.807, 2.05) is 18.2 Å². The van der Waals surface area contributed by atoms with Crippen LogP contribution in [0.1, 0.15) is 12.0 Å². The maximum atomic E-state index is 11.4. The number of carbonyl (C=O) groups excluding carboxylic acids is 1. The van der Waals surface area contributed by atoms with Crippen molar-refractivity contribution < 1.29 is 4.79 Å². The van der Waals surface area contributed by atoms with Crippen molar-refractivity contribution in [1.82, 2.24) is 4.90 Å². The molecule has 0 atom stereocenters. The van der Waals surface area contributed by atoms with Gasteiger partial charge in [0.1, 0.15) is 0 Å². The Morgan fingerprint density at radius 2 is 2.14 bits per heavy atom. The highest BCUT2D eigenvalue weighted by molar-refractivity contribution is 6.41. The Morgan fingerprint density at radius 1 is 1.29 bits per heavy atom. The van der Waals surface area contributed by atoms with Crippen LogP contribution in [0.25, 0.3) is 0 Å². The summed E-state index contributed by atoms with van der Waals surface area (Å²) in [5.74, 6) is 0.836. The number of Topliss-reactive ketones (excluding diaryl/α,β-unsaturated/α-hetero) is 1. The third-order valence-electron chi connectivity index (χ3n) is 2.74. The van der Waals surface area contributed by atoms with E-state index in [2.05, 4.69) is 16.0 Å². The van der Waals surface area contributed by atoms with E-state index in [4.69, 9.17) is 0 Å². The molecule has 0 saturated carbocycles. The molecule has 0 aliphatic carbocycles. The maximum absolute atomic E-state index is 11.4. The molecule has 1 aromatic rings. The standard InChI is InChI=1S/C11H10N2O/c14-10-5-6-13-7-8-3-1-2-4-9(8)12-11(10)13/h1-4H,5-7H2. The number of hydrogen-bond donors (Lipinski definition) is 0. The molecule has 3 rings (SSSR count). The molecule has 0 radical (unpaired) electrons. The largest absolute Gasteiger partial charge is 0.349 e. The predicted molar refractivity (Wildman–Crippen MR) is 53.6 cm³/mol. The second-order valence-electron chi connectivity index (χ2n) is 3.66. The summed E-state index contributed by atoms with van der Waals surface area (Å²) >= 11 is 0. The molecule has 0 unspecified atom stereocenters. The van der Waals surface area contributed by atoms with Crippen molar-refractivity contribution in [3.63, 3.8) is 0 Å². The molecular weight excluding hydrogens is 176 g/mol. The van der Waals surface area contributed by atoms with Gasteiger partial charge in [-0.05, 0) is 11.6 Å². The third-order valence-corrected chi connectivity index (χ3v) is 2.74. The van der Waals surface area contributed by atoms with E-state index in [9.17, 15) is 4.79 Å². The van der Waals surface area contributed by atoms with Crippen molar-refractivity contribution in [2.24, 2.45) is 4.99 Å². The van der Waals surface area contributed by atoms with E-state index in [0.717, 1.165) is 18.8 Å². The smallest absolute Gasteiger partial charge is 0.199 e. The number of ketones is 1. The normalized spacial score (nSPS) is 19.0. The van der Waals surface area contributed by atoms with E-state index in [-0.39, 0.29) is 5.78 Å². The van der Waals surface area contributed by atoms with Crippen LogP contribution >= 0.6 is 0 Å². The molecule has 0 aromatic heterocycles. The van der Waals surface area contributed by atoms with Gasteiger partial charge in [-0.3, -0.25) is 4.79 Å². The summed E-state index contributed by atoms with van der Waals surface area (Å²) in [4.78, 5) is 17.9. The van der Waals surface area contributed by atoms with Crippen molar-refractivity contribution >= 4 is 17.3 Å². The highest BCUT2D eigenvalue weighted by atomic mass is 16.1. The lowest BCUT2D eigenvalue weighted by atomic mass is 10.1. The Morgan fingerprint density at radius 3 is 3.07 bits per heavy atom. The van der Waals surface area contributed by atoms with Gasteiger partial charge in [0.15, 0.2) is 11.6 Å². The van der Waals surface area contributed by atoms with Crippen molar-refractivity contribution in [2.75, 3.05) is 6.54 Å². The lowest BCUT2D eigenvalue weighted by molar-refractivity contribution is -0.112. The van der Waals surface area contributed by atoms with Crippen molar-refractivity contribution in [3.05, 3.63) is 29.8 Å². The van der Waals surface area contributed by atoms with Gasteiger partial charge < -0.3 is 4.90 Å². The zero-order chi connectivity index (χ0) is 9.54. The van der Waals surface area contributed by atoms with Crippen LogP contribution in [0.5, 0.6) is 0 Å². The third kappa shape index (κ3) is 0.985. The summed E-state index contributed by atoms with van der Waals surface area (Å²) < 4.78 is 0. The van der Waals surface area contributed by atoms with Crippen LogP contribution in [0, 0.1) is 0 Å². The topological polar surface area (TPSA) is 32.7 Å². The van der Waals surface area contributed by atoms with Crippen LogP contribution in [0.4, 0.5) is 5.69 Å². The number of rotatable bonds is 0. The number of carbonyl (C=O) groups is 1. The van der Waals surface area contributed by atoms with Gasteiger partial charge in [-0.25, -0.2) is 4.99 Å². The Bertz CT molecular complexity index is 437. The first-order valence-electron chi connectivity index (χ1n) is 4.79. The summed E-state index contributed by atoms with van der Waals surface area (Å²) in [5.41, 5.74) is 2.17. The average molecular weight is 186 g/mol. The van der Waals surface area contributed by atoms with Gasteiger partial charge in [0.05, 0.1) is 5.69 Å². The van der Waals surface area contributed by atoms with Crippen LogP contribution in [0.3, 0.4) is 0 Å². The van der Waals surface area contributed by atoms with Crippen molar-refractivity contribution in [2.45, 2.75) is 13.0 Å². The summed E-state index contributed by atoms with van der Waals surface area (Å²) in [7, 11) is 0. The molecule has 2 heterocycles. The first-order chi connectivity index (χ1) is 6.84. The van der Waals surface area contributed by atoms with Crippen LogP contribution in [-0.2, 0) is 11.3 Å². The second kappa shape index (κ2) is 2.67. The fourth-order valence-electron chi connectivity index (χ4n) is 1.99. The van der Waals surface area contributed by atoms with Gasteiger partial charge in [0.2, 0.25) is 0 Å². The lowest BCUT2D eigenvalue weighted by Gasteiger charge is -2.23. The van der Waals surface area contributed by atoms with Gasteiger partial charge in [0.25, 0.3) is 0 Å². The zero-order valence-corrected chi connectivity index (χ0v) is 7.73. The van der Waals surface area contributed by atoms with E-state index >= 15 is 0 Å². The highest BCUT2D eigenvalue weighted by Crippen LogP contribution is 2.28. The molecule has 70 valence electrons. The fraction of sp³-hybridized carbons (Fsp3) is 0.273. The molecule has 1 saturated heterocycles. The van der Waals surface area contributed by atoms with Gasteiger partial charge in [-0.2, -0.15) is 0 Å². The van der Waals surface area contributed by atoms with E-state index < -0.39 is 0 Å². The minimum atomic E-state index is 0.180. The van der Waals surface area contributed by atoms with Gasteiger partial charge in [0, 0.05) is 19.5 Å². The number of fused-ring (bicyclic) bond motifs is 2. The number of nitrogens with zero attached hydrogens (tertiary/aromatic N) is 2. The summed E-state index contributed by atoms with van der Waals surface area (Å²) in [6, 6.07) is 8.00. The van der Waals surface area contributed by atoms with Gasteiger partial charge in [-0.15, -0.1) is 0 Å². The number of aliphatic imine (C=N–C) groups is 1. The maximum Gasteiger partial charge on any atom is 0.199 e. The molecule has 14 heavy (non-hydrogen) atoms. The van der Waals surface area contributed by atoms with Gasteiger partial charge in [-0.1, -0.05) is 18.2 Å². The number of amidine groups is 1. The lowest BCUT2D eigenvalue weighted by Crippen LogP contribution is -2.29. The summed E-state index contributed by atoms with van der Waals surface area (Å²) in [6.45, 7) is 1.66. The molecule has 2 aliphatic rings. The van der Waals surface area contributed by atoms with Crippen LogP contribution in [0.15, 0.2) is 29.3 Å². The Kier molecular flexibility index (Phi) is 1.48. The van der Waals surface area contributed by atoms with Gasteiger partial charge >= 0.3 is 0 Å². The Balaban J connectivity index is 2.13. The molecule has 0 bridgehead atoms. The number of para-hydroxylation sites is 1.